The van der Waals surface area contributed by atoms with Gasteiger partial charge >= 0.3 is 0 Å². The number of nitrogens with zero attached hydrogens (tertiary/aromatic N) is 2. The number of aromatic nitrogens is 1. The van der Waals surface area contributed by atoms with E-state index < -0.39 is 0 Å². The van der Waals surface area contributed by atoms with Gasteiger partial charge in [0.2, 0.25) is 0 Å². The number of anilines is 1. The van der Waals surface area contributed by atoms with E-state index in [1.165, 1.54) is 0 Å². The van der Waals surface area contributed by atoms with Gasteiger partial charge in [0.05, 0.1) is 6.10 Å². The highest BCUT2D eigenvalue weighted by atomic mass is 16.5. The minimum Gasteiger partial charge on any atom is -0.491 e. The summed E-state index contributed by atoms with van der Waals surface area (Å²) in [5.41, 5.74) is 3.22. The van der Waals surface area contributed by atoms with Crippen molar-refractivity contribution in [3.8, 4) is 5.75 Å². The van der Waals surface area contributed by atoms with E-state index in [1.54, 1.807) is 13.0 Å². The molecule has 2 heterocycles. The zero-order valence-corrected chi connectivity index (χ0v) is 17.6. The van der Waals surface area contributed by atoms with E-state index in [2.05, 4.69) is 22.0 Å². The molecule has 1 saturated heterocycles. The van der Waals surface area contributed by atoms with E-state index in [0.29, 0.717) is 24.3 Å². The molecular weight excluding hydrogens is 378 g/mol. The first-order valence-electron chi connectivity index (χ1n) is 10.4. The van der Waals surface area contributed by atoms with Crippen LogP contribution in [-0.2, 0) is 0 Å². The van der Waals surface area contributed by atoms with Crippen LogP contribution >= 0.6 is 0 Å². The normalized spacial score (nSPS) is 14.4. The first-order chi connectivity index (χ1) is 14.4. The second kappa shape index (κ2) is 8.22. The number of rotatable bonds is 5. The summed E-state index contributed by atoms with van der Waals surface area (Å²) in [5, 5.41) is 0.883. The van der Waals surface area contributed by atoms with Gasteiger partial charge in [-0.1, -0.05) is 0 Å². The molecule has 1 N–H and O–H groups in total. The Bertz CT molecular complexity index is 1060. The molecule has 6 nitrogen and oxygen atoms in total. The maximum atomic E-state index is 13.0. The molecule has 1 aliphatic heterocycles. The highest BCUT2D eigenvalue weighted by molar-refractivity contribution is 6.01. The Morgan fingerprint density at radius 2 is 1.67 bits per heavy atom. The van der Waals surface area contributed by atoms with Crippen molar-refractivity contribution < 1.29 is 14.3 Å². The SMILES string of the molecule is CC(=O)c1ccc2[nH]c(C(=O)N3CCN(c4ccc(OC(C)C)cc4)CC3)cc2c1. The van der Waals surface area contributed by atoms with Crippen molar-refractivity contribution in [2.45, 2.75) is 26.9 Å². The molecule has 0 radical (unpaired) electrons. The highest BCUT2D eigenvalue weighted by Gasteiger charge is 2.23. The molecule has 0 spiro atoms. The van der Waals surface area contributed by atoms with E-state index in [9.17, 15) is 9.59 Å². The third-order valence-electron chi connectivity index (χ3n) is 5.40. The Morgan fingerprint density at radius 1 is 0.967 bits per heavy atom. The molecule has 6 heteroatoms. The van der Waals surface area contributed by atoms with E-state index >= 15 is 0 Å². The molecule has 1 aromatic heterocycles. The van der Waals surface area contributed by atoms with Crippen LogP contribution in [0.3, 0.4) is 0 Å². The van der Waals surface area contributed by atoms with Gasteiger partial charge in [-0.05, 0) is 69.3 Å². The predicted molar refractivity (Wildman–Crippen MR) is 119 cm³/mol. The number of ketones is 1. The summed E-state index contributed by atoms with van der Waals surface area (Å²) in [6.07, 6.45) is 0.157. The molecule has 1 fully saturated rings. The lowest BCUT2D eigenvalue weighted by atomic mass is 10.1. The number of hydrogen-bond acceptors (Lipinski definition) is 4. The second-order valence-corrected chi connectivity index (χ2v) is 7.98. The summed E-state index contributed by atoms with van der Waals surface area (Å²) in [6, 6.07) is 15.4. The lowest BCUT2D eigenvalue weighted by molar-refractivity contribution is 0.0741. The van der Waals surface area contributed by atoms with Crippen LogP contribution in [0.1, 0.15) is 41.6 Å². The number of amides is 1. The van der Waals surface area contributed by atoms with Gasteiger partial charge in [-0.25, -0.2) is 0 Å². The maximum Gasteiger partial charge on any atom is 0.270 e. The second-order valence-electron chi connectivity index (χ2n) is 7.98. The van der Waals surface area contributed by atoms with Crippen LogP contribution in [0.5, 0.6) is 5.75 Å². The van der Waals surface area contributed by atoms with Gasteiger partial charge in [-0.2, -0.15) is 0 Å². The average molecular weight is 405 g/mol. The van der Waals surface area contributed by atoms with Gasteiger partial charge in [-0.3, -0.25) is 9.59 Å². The van der Waals surface area contributed by atoms with Crippen LogP contribution in [0.15, 0.2) is 48.5 Å². The Hall–Kier alpha value is -3.28. The fourth-order valence-corrected chi connectivity index (χ4v) is 3.81. The standard InChI is InChI=1S/C24H27N3O3/c1-16(2)30-21-7-5-20(6-8-21)26-10-12-27(13-11-26)24(29)23-15-19-14-18(17(3)28)4-9-22(19)25-23/h4-9,14-16,25H,10-13H2,1-3H3. The van der Waals surface area contributed by atoms with Crippen molar-refractivity contribution in [2.75, 3.05) is 31.1 Å². The van der Waals surface area contributed by atoms with Crippen LogP contribution in [-0.4, -0.2) is 53.9 Å². The molecule has 0 unspecified atom stereocenters. The van der Waals surface area contributed by atoms with Crippen LogP contribution in [0.2, 0.25) is 0 Å². The van der Waals surface area contributed by atoms with Crippen molar-refractivity contribution in [3.05, 3.63) is 59.8 Å². The topological polar surface area (TPSA) is 65.6 Å². The van der Waals surface area contributed by atoms with E-state index in [0.717, 1.165) is 35.4 Å². The van der Waals surface area contributed by atoms with E-state index in [1.807, 2.05) is 49.1 Å². The van der Waals surface area contributed by atoms with Gasteiger partial charge in [0.25, 0.3) is 5.91 Å². The van der Waals surface area contributed by atoms with Gasteiger partial charge in [0, 0.05) is 48.3 Å². The van der Waals surface area contributed by atoms with Gasteiger partial charge < -0.3 is 19.5 Å². The van der Waals surface area contributed by atoms with Crippen molar-refractivity contribution in [1.29, 1.82) is 0 Å². The third-order valence-corrected chi connectivity index (χ3v) is 5.40. The number of nitrogens with one attached hydrogen (secondary N) is 1. The fraction of sp³-hybridized carbons (Fsp3) is 0.333. The Labute approximate surface area is 176 Å². The van der Waals surface area contributed by atoms with E-state index in [-0.39, 0.29) is 17.8 Å². The summed E-state index contributed by atoms with van der Waals surface area (Å²) in [5.74, 6) is 0.885. The zero-order valence-electron chi connectivity index (χ0n) is 17.6. The molecule has 1 aliphatic rings. The van der Waals surface area contributed by atoms with Gasteiger partial charge in [0.15, 0.2) is 5.78 Å². The largest absolute Gasteiger partial charge is 0.491 e. The maximum absolute atomic E-state index is 13.0. The molecule has 0 atom stereocenters. The minimum atomic E-state index is -0.00379. The molecular formula is C24H27N3O3. The van der Waals surface area contributed by atoms with Crippen molar-refractivity contribution >= 4 is 28.3 Å². The number of Topliss-reactive ketones (excluding diaryl/α,β-unsaturated/α-hetero) is 1. The molecule has 30 heavy (non-hydrogen) atoms. The predicted octanol–water partition coefficient (Wildman–Crippen LogP) is 4.12. The van der Waals surface area contributed by atoms with Gasteiger partial charge in [-0.15, -0.1) is 0 Å². The zero-order chi connectivity index (χ0) is 21.3. The number of H-pyrrole nitrogens is 1. The Kier molecular flexibility index (Phi) is 5.48. The number of fused-ring (bicyclic) bond motifs is 1. The van der Waals surface area contributed by atoms with Crippen LogP contribution in [0.4, 0.5) is 5.69 Å². The lowest BCUT2D eigenvalue weighted by Crippen LogP contribution is -2.48. The number of hydrogen-bond donors (Lipinski definition) is 1. The summed E-state index contributed by atoms with van der Waals surface area (Å²) in [7, 11) is 0. The molecule has 0 bridgehead atoms. The first-order valence-corrected chi connectivity index (χ1v) is 10.4. The molecule has 0 aliphatic carbocycles. The summed E-state index contributed by atoms with van der Waals surface area (Å²) >= 11 is 0. The number of carbonyl (C=O) groups excluding carboxylic acids is 2. The van der Waals surface area contributed by atoms with Crippen LogP contribution in [0.25, 0.3) is 10.9 Å². The lowest BCUT2D eigenvalue weighted by Gasteiger charge is -2.36. The number of carbonyl (C=O) groups is 2. The number of piperazine rings is 1. The number of aromatic amines is 1. The summed E-state index contributed by atoms with van der Waals surface area (Å²) < 4.78 is 5.71. The summed E-state index contributed by atoms with van der Waals surface area (Å²) in [6.45, 7) is 8.47. The van der Waals surface area contributed by atoms with Crippen LogP contribution in [0, 0.1) is 0 Å². The van der Waals surface area contributed by atoms with Crippen molar-refractivity contribution in [3.63, 3.8) is 0 Å². The van der Waals surface area contributed by atoms with Crippen molar-refractivity contribution in [1.82, 2.24) is 9.88 Å². The minimum absolute atomic E-state index is 0.00379. The monoisotopic (exact) mass is 405 g/mol. The molecule has 2 aromatic carbocycles. The first kappa shape index (κ1) is 20.0. The molecule has 3 aromatic rings. The summed E-state index contributed by atoms with van der Waals surface area (Å²) in [4.78, 5) is 31.9. The quantitative estimate of drug-likeness (QED) is 0.649. The van der Waals surface area contributed by atoms with Crippen LogP contribution < -0.4 is 9.64 Å². The molecule has 0 saturated carbocycles. The third kappa shape index (κ3) is 4.17. The molecule has 156 valence electrons. The Balaban J connectivity index is 1.40. The molecule has 1 amide bonds. The van der Waals surface area contributed by atoms with E-state index in [4.69, 9.17) is 4.74 Å². The smallest absolute Gasteiger partial charge is 0.270 e. The Morgan fingerprint density at radius 3 is 2.30 bits per heavy atom. The average Bonchev–Trinajstić information content (AvgIpc) is 3.17. The fourth-order valence-electron chi connectivity index (χ4n) is 3.81. The van der Waals surface area contributed by atoms with Gasteiger partial charge in [0.1, 0.15) is 11.4 Å². The van der Waals surface area contributed by atoms with Crippen molar-refractivity contribution in [2.24, 2.45) is 0 Å². The molecule has 4 rings (SSSR count). The number of benzene rings is 2. The highest BCUT2D eigenvalue weighted by Crippen LogP contribution is 2.23. The number of ether oxygens (including phenoxy) is 1.